The molecular formula is C22H21O3P. The summed E-state index contributed by atoms with van der Waals surface area (Å²) in [6.45, 7) is -2.36. The van der Waals surface area contributed by atoms with Crippen LogP contribution < -0.4 is 15.9 Å². The number of carbonyl (C=O) groups excluding carboxylic acids is 2. The van der Waals surface area contributed by atoms with E-state index in [1.165, 1.54) is 6.92 Å². The van der Waals surface area contributed by atoms with Crippen LogP contribution in [0, 0.1) is 0 Å². The molecule has 3 aromatic carbocycles. The molecule has 3 rings (SSSR count). The minimum atomic E-state index is -3.77. The second-order valence-electron chi connectivity index (χ2n) is 6.15. The second kappa shape index (κ2) is 7.23. The van der Waals surface area contributed by atoms with Gasteiger partial charge < -0.3 is 0 Å². The molecule has 0 aliphatic carbocycles. The molecule has 132 valence electrons. The first kappa shape index (κ1) is 18.0. The first-order chi connectivity index (χ1) is 12.6. The molecule has 0 unspecified atom stereocenters. The molecule has 4 heteroatoms. The Labute approximate surface area is 153 Å². The van der Waals surface area contributed by atoms with Crippen molar-refractivity contribution in [1.82, 2.24) is 0 Å². The zero-order valence-corrected chi connectivity index (χ0v) is 15.5. The van der Waals surface area contributed by atoms with Crippen molar-refractivity contribution in [1.29, 1.82) is 0 Å². The van der Waals surface area contributed by atoms with Crippen molar-refractivity contribution in [3.8, 4) is 0 Å². The van der Waals surface area contributed by atoms with Crippen LogP contribution in [0.15, 0.2) is 91.0 Å². The summed E-state index contributed by atoms with van der Waals surface area (Å²) in [7, 11) is 0. The van der Waals surface area contributed by atoms with Gasteiger partial charge in [-0.2, -0.15) is 0 Å². The monoisotopic (exact) mass is 364 g/mol. The molecule has 0 N–H and O–H groups in total. The van der Waals surface area contributed by atoms with E-state index in [1.807, 2.05) is 91.0 Å². The van der Waals surface area contributed by atoms with E-state index in [-0.39, 0.29) is 6.16 Å². The van der Waals surface area contributed by atoms with Crippen LogP contribution in [0.25, 0.3) is 0 Å². The molecule has 26 heavy (non-hydrogen) atoms. The summed E-state index contributed by atoms with van der Waals surface area (Å²) in [5.74, 6) is -0.402. The van der Waals surface area contributed by atoms with Crippen LogP contribution in [-0.4, -0.2) is 18.4 Å². The standard InChI is InChI=1S/C22H21O3P/c1-19(24)25-26(18-17-23,20-11-5-2-6-12-20,21-13-7-3-8-14-21)22-15-9-4-10-16-22/h2-17H,18H2,1H3. The average molecular weight is 364 g/mol. The van der Waals surface area contributed by atoms with Gasteiger partial charge in [-0.25, -0.2) is 0 Å². The molecule has 0 radical (unpaired) electrons. The SMILES string of the molecule is CC(=O)OP(CC=O)(c1ccccc1)(c1ccccc1)c1ccccc1. The zero-order chi connectivity index (χ0) is 18.5. The van der Waals surface area contributed by atoms with Crippen molar-refractivity contribution < 1.29 is 14.1 Å². The molecule has 0 spiro atoms. The number of rotatable bonds is 6. The molecule has 0 amide bonds. The van der Waals surface area contributed by atoms with Gasteiger partial charge >= 0.3 is 153 Å². The van der Waals surface area contributed by atoms with Crippen molar-refractivity contribution in [3.63, 3.8) is 0 Å². The van der Waals surface area contributed by atoms with Gasteiger partial charge in [0.25, 0.3) is 0 Å². The summed E-state index contributed by atoms with van der Waals surface area (Å²) >= 11 is 0. The van der Waals surface area contributed by atoms with Gasteiger partial charge in [0.15, 0.2) is 0 Å². The van der Waals surface area contributed by atoms with Gasteiger partial charge in [-0.1, -0.05) is 0 Å². The van der Waals surface area contributed by atoms with Gasteiger partial charge in [0.1, 0.15) is 0 Å². The Balaban J connectivity index is 2.54. The predicted octanol–water partition coefficient (Wildman–Crippen LogP) is 3.19. The van der Waals surface area contributed by atoms with E-state index < -0.39 is 12.8 Å². The van der Waals surface area contributed by atoms with Crippen LogP contribution >= 0.6 is 6.83 Å². The van der Waals surface area contributed by atoms with Crippen LogP contribution in [0.5, 0.6) is 0 Å². The molecule has 3 nitrogen and oxygen atoms in total. The predicted molar refractivity (Wildman–Crippen MR) is 108 cm³/mol. The maximum atomic E-state index is 12.4. The Kier molecular flexibility index (Phi) is 5.01. The molecule has 0 aliphatic rings. The summed E-state index contributed by atoms with van der Waals surface area (Å²) in [5, 5.41) is 2.58. The van der Waals surface area contributed by atoms with Gasteiger partial charge in [0.05, 0.1) is 0 Å². The van der Waals surface area contributed by atoms with Gasteiger partial charge in [-0.05, 0) is 0 Å². The van der Waals surface area contributed by atoms with Gasteiger partial charge in [-0.15, -0.1) is 0 Å². The van der Waals surface area contributed by atoms with Crippen LogP contribution in [0.4, 0.5) is 0 Å². The van der Waals surface area contributed by atoms with E-state index in [9.17, 15) is 9.59 Å². The average Bonchev–Trinajstić information content (AvgIpc) is 2.69. The fourth-order valence-electron chi connectivity index (χ4n) is 3.61. The third kappa shape index (κ3) is 2.75. The van der Waals surface area contributed by atoms with E-state index in [2.05, 4.69) is 0 Å². The van der Waals surface area contributed by atoms with Gasteiger partial charge in [0, 0.05) is 0 Å². The van der Waals surface area contributed by atoms with Crippen molar-refractivity contribution in [2.75, 3.05) is 6.16 Å². The van der Waals surface area contributed by atoms with E-state index in [1.54, 1.807) is 0 Å². The Morgan fingerprint density at radius 2 is 1.12 bits per heavy atom. The Hall–Kier alpha value is -2.77. The molecule has 0 aliphatic heterocycles. The Morgan fingerprint density at radius 3 is 1.38 bits per heavy atom. The molecule has 0 bridgehead atoms. The number of hydrogen-bond acceptors (Lipinski definition) is 3. The van der Waals surface area contributed by atoms with Crippen molar-refractivity contribution in [3.05, 3.63) is 91.0 Å². The van der Waals surface area contributed by atoms with E-state index in [0.29, 0.717) is 0 Å². The van der Waals surface area contributed by atoms with Crippen LogP contribution in [0.2, 0.25) is 0 Å². The van der Waals surface area contributed by atoms with E-state index in [0.717, 1.165) is 22.2 Å². The molecule has 3 aromatic rings. The number of aldehydes is 1. The van der Waals surface area contributed by atoms with Crippen molar-refractivity contribution in [2.24, 2.45) is 0 Å². The van der Waals surface area contributed by atoms with Crippen LogP contribution in [0.1, 0.15) is 6.92 Å². The number of benzene rings is 3. The first-order valence-corrected chi connectivity index (χ1v) is 10.8. The Bertz CT molecular complexity index is 793. The molecule has 0 atom stereocenters. The minimum absolute atomic E-state index is 0.100. The third-order valence-corrected chi connectivity index (χ3v) is 10.3. The van der Waals surface area contributed by atoms with Crippen LogP contribution in [0.3, 0.4) is 0 Å². The van der Waals surface area contributed by atoms with Gasteiger partial charge in [0.2, 0.25) is 0 Å². The molecule has 0 saturated carbocycles. The number of hydrogen-bond donors (Lipinski definition) is 0. The van der Waals surface area contributed by atoms with E-state index >= 15 is 0 Å². The summed E-state index contributed by atoms with van der Waals surface area (Å²) in [4.78, 5) is 24.3. The fraction of sp³-hybridized carbons (Fsp3) is 0.0909. The zero-order valence-electron chi connectivity index (χ0n) is 14.6. The van der Waals surface area contributed by atoms with Crippen molar-refractivity contribution >= 4 is 35.0 Å². The molecule has 0 saturated heterocycles. The normalized spacial score (nSPS) is 12.6. The molecule has 0 heterocycles. The third-order valence-electron chi connectivity index (χ3n) is 4.66. The summed E-state index contributed by atoms with van der Waals surface area (Å²) in [5.41, 5.74) is 0. The van der Waals surface area contributed by atoms with E-state index in [4.69, 9.17) is 4.52 Å². The summed E-state index contributed by atoms with van der Waals surface area (Å²) in [6.07, 6.45) is 0.969. The van der Waals surface area contributed by atoms with Crippen LogP contribution in [-0.2, 0) is 14.1 Å². The Morgan fingerprint density at radius 1 is 0.769 bits per heavy atom. The topological polar surface area (TPSA) is 43.4 Å². The summed E-state index contributed by atoms with van der Waals surface area (Å²) in [6, 6.07) is 28.9. The van der Waals surface area contributed by atoms with Crippen molar-refractivity contribution in [2.45, 2.75) is 6.92 Å². The fourth-order valence-corrected chi connectivity index (χ4v) is 8.79. The first-order valence-electron chi connectivity index (χ1n) is 8.45. The molecular weight excluding hydrogens is 343 g/mol. The maximum absolute atomic E-state index is 12.4. The summed E-state index contributed by atoms with van der Waals surface area (Å²) < 4.78 is 6.28. The quantitative estimate of drug-likeness (QED) is 0.498. The second-order valence-corrected chi connectivity index (χ2v) is 10.7. The molecule has 0 aromatic heterocycles. The van der Waals surface area contributed by atoms with Gasteiger partial charge in [-0.3, -0.25) is 0 Å². The number of carbonyl (C=O) groups is 2. The molecule has 0 fully saturated rings.